The van der Waals surface area contributed by atoms with Crippen LogP contribution in [0.3, 0.4) is 0 Å². The maximum absolute atomic E-state index is 13.1. The predicted octanol–water partition coefficient (Wildman–Crippen LogP) is 4.60. The second kappa shape index (κ2) is 7.28. The average molecular weight is 463 g/mol. The fourth-order valence-electron chi connectivity index (χ4n) is 5.14. The second-order valence-corrected chi connectivity index (χ2v) is 10.7. The molecule has 0 radical (unpaired) electrons. The van der Waals surface area contributed by atoms with Crippen molar-refractivity contribution in [3.05, 3.63) is 65.7 Å². The van der Waals surface area contributed by atoms with Crippen LogP contribution < -0.4 is 4.90 Å². The summed E-state index contributed by atoms with van der Waals surface area (Å²) in [5.41, 5.74) is 2.75. The van der Waals surface area contributed by atoms with Crippen LogP contribution in [0.4, 0.5) is 5.69 Å². The quantitative estimate of drug-likeness (QED) is 0.339. The molecule has 8 heteroatoms. The number of thiazole rings is 1. The third-order valence-corrected chi connectivity index (χ3v) is 8.88. The van der Waals surface area contributed by atoms with E-state index in [-0.39, 0.29) is 41.0 Å². The molecule has 6 rings (SSSR count). The Morgan fingerprint density at radius 2 is 1.75 bits per heavy atom. The summed E-state index contributed by atoms with van der Waals surface area (Å²) < 4.78 is 1.82. The summed E-state index contributed by atoms with van der Waals surface area (Å²) in [6.07, 6.45) is 5.13. The molecule has 1 saturated heterocycles. The largest absolute Gasteiger partial charge is 0.478 e. The number of carboxylic acid groups (broad SMARTS) is 1. The smallest absolute Gasteiger partial charge is 0.335 e. The minimum Gasteiger partial charge on any atom is -0.478 e. The van der Waals surface area contributed by atoms with E-state index in [1.165, 1.54) is 16.2 Å². The van der Waals surface area contributed by atoms with Crippen LogP contribution in [0, 0.1) is 23.7 Å². The van der Waals surface area contributed by atoms with Crippen molar-refractivity contribution in [1.82, 2.24) is 4.98 Å². The lowest BCUT2D eigenvalue weighted by atomic mass is 9.85. The minimum atomic E-state index is -0.936. The zero-order valence-corrected chi connectivity index (χ0v) is 18.4. The Morgan fingerprint density at radius 1 is 1.06 bits per heavy atom. The van der Waals surface area contributed by atoms with Gasteiger partial charge in [0.15, 0.2) is 4.34 Å². The third kappa shape index (κ3) is 3.01. The summed E-state index contributed by atoms with van der Waals surface area (Å²) >= 11 is 3.11. The number of aromatic carboxylic acids is 1. The van der Waals surface area contributed by atoms with Crippen LogP contribution in [0.5, 0.6) is 0 Å². The van der Waals surface area contributed by atoms with Gasteiger partial charge in [0.1, 0.15) is 0 Å². The van der Waals surface area contributed by atoms with Crippen LogP contribution >= 0.6 is 23.1 Å². The van der Waals surface area contributed by atoms with Gasteiger partial charge in [-0.1, -0.05) is 36.0 Å². The number of fused-ring (bicyclic) bond motifs is 6. The maximum Gasteiger partial charge on any atom is 0.335 e. The van der Waals surface area contributed by atoms with Gasteiger partial charge in [0.05, 0.1) is 33.3 Å². The fourth-order valence-corrected chi connectivity index (χ4v) is 7.20. The summed E-state index contributed by atoms with van der Waals surface area (Å²) in [6, 6.07) is 12.4. The number of anilines is 1. The van der Waals surface area contributed by atoms with Crippen molar-refractivity contribution in [2.45, 2.75) is 16.5 Å². The van der Waals surface area contributed by atoms with E-state index >= 15 is 0 Å². The molecule has 4 atom stereocenters. The van der Waals surface area contributed by atoms with Crippen molar-refractivity contribution in [2.24, 2.45) is 23.7 Å². The Bertz CT molecular complexity index is 1280. The number of carbonyl (C=O) groups excluding carboxylic acids is 2. The zero-order valence-electron chi connectivity index (χ0n) is 16.8. The van der Waals surface area contributed by atoms with Crippen LogP contribution in [0.15, 0.2) is 59.0 Å². The number of carboxylic acids is 1. The van der Waals surface area contributed by atoms with Gasteiger partial charge in [0.2, 0.25) is 11.8 Å². The summed E-state index contributed by atoms with van der Waals surface area (Å²) in [6.45, 7) is 0. The van der Waals surface area contributed by atoms with Gasteiger partial charge in [-0.05, 0) is 54.2 Å². The molecular weight excluding hydrogens is 444 g/mol. The topological polar surface area (TPSA) is 87.6 Å². The molecule has 3 aliphatic rings. The highest BCUT2D eigenvalue weighted by atomic mass is 32.2. The molecule has 0 spiro atoms. The number of aromatic nitrogens is 1. The molecule has 2 aromatic carbocycles. The van der Waals surface area contributed by atoms with Gasteiger partial charge >= 0.3 is 5.97 Å². The SMILES string of the molecule is O=C(O)c1ccc(CSc2nc3ccc(N4C(=O)[C@@H]5[C@@H](C4=O)[C@H]4C=C[C@H]5C4)cc3s2)cc1. The van der Waals surface area contributed by atoms with Gasteiger partial charge in [-0.15, -0.1) is 11.3 Å². The number of nitrogens with zero attached hydrogens (tertiary/aromatic N) is 2. The van der Waals surface area contributed by atoms with Gasteiger partial charge in [-0.3, -0.25) is 9.59 Å². The Hall–Kier alpha value is -2.97. The lowest BCUT2D eigenvalue weighted by Crippen LogP contribution is -2.32. The molecule has 2 bridgehead atoms. The Labute approximate surface area is 191 Å². The van der Waals surface area contributed by atoms with Gasteiger partial charge < -0.3 is 5.11 Å². The van der Waals surface area contributed by atoms with Crippen molar-refractivity contribution in [3.63, 3.8) is 0 Å². The molecule has 2 heterocycles. The molecule has 2 aliphatic carbocycles. The predicted molar refractivity (Wildman–Crippen MR) is 123 cm³/mol. The lowest BCUT2D eigenvalue weighted by Gasteiger charge is -2.17. The van der Waals surface area contributed by atoms with E-state index in [0.29, 0.717) is 11.4 Å². The van der Waals surface area contributed by atoms with E-state index < -0.39 is 5.97 Å². The minimum absolute atomic E-state index is 0.0693. The molecule has 1 N–H and O–H groups in total. The average Bonchev–Trinajstić information content (AvgIpc) is 3.55. The van der Waals surface area contributed by atoms with E-state index in [0.717, 1.165) is 26.5 Å². The summed E-state index contributed by atoms with van der Waals surface area (Å²) in [5.74, 6) is -0.401. The van der Waals surface area contributed by atoms with E-state index in [1.54, 1.807) is 23.9 Å². The number of thioether (sulfide) groups is 1. The van der Waals surface area contributed by atoms with Crippen molar-refractivity contribution < 1.29 is 19.5 Å². The van der Waals surface area contributed by atoms with Crippen LogP contribution in [-0.2, 0) is 15.3 Å². The van der Waals surface area contributed by atoms with Gasteiger partial charge in [0, 0.05) is 5.75 Å². The van der Waals surface area contributed by atoms with E-state index in [9.17, 15) is 14.4 Å². The molecule has 1 aliphatic heterocycles. The summed E-state index contributed by atoms with van der Waals surface area (Å²) in [5, 5.41) is 9.01. The molecular formula is C24H18N2O4S2. The molecule has 2 amide bonds. The molecule has 32 heavy (non-hydrogen) atoms. The number of imide groups is 1. The number of benzene rings is 2. The standard InChI is InChI=1S/C24H18N2O4S2/c27-21-19-14-5-6-15(9-14)20(19)22(28)26(21)16-7-8-17-18(10-16)32-24(25-17)31-11-12-1-3-13(4-2-12)23(29)30/h1-8,10,14-15,19-20H,9,11H2,(H,29,30)/t14-,15-,19-,20-/m0/s1. The molecule has 6 nitrogen and oxygen atoms in total. The Kier molecular flexibility index (Phi) is 4.48. The van der Waals surface area contributed by atoms with Crippen LogP contribution in [0.25, 0.3) is 10.2 Å². The third-order valence-electron chi connectivity index (χ3n) is 6.64. The highest BCUT2D eigenvalue weighted by Gasteiger charge is 2.59. The number of allylic oxidation sites excluding steroid dienone is 2. The number of hydrogen-bond acceptors (Lipinski definition) is 6. The number of carbonyl (C=O) groups is 3. The molecule has 2 fully saturated rings. The zero-order chi connectivity index (χ0) is 22.0. The van der Waals surface area contributed by atoms with Crippen molar-refractivity contribution in [2.75, 3.05) is 4.90 Å². The Balaban J connectivity index is 1.21. The highest BCUT2D eigenvalue weighted by molar-refractivity contribution is 8.00. The summed E-state index contributed by atoms with van der Waals surface area (Å²) in [4.78, 5) is 43.2. The van der Waals surface area contributed by atoms with E-state index in [2.05, 4.69) is 17.1 Å². The normalized spacial score (nSPS) is 25.8. The first kappa shape index (κ1) is 19.7. The first-order valence-corrected chi connectivity index (χ1v) is 12.2. The second-order valence-electron chi connectivity index (χ2n) is 8.43. The summed E-state index contributed by atoms with van der Waals surface area (Å²) in [7, 11) is 0. The van der Waals surface area contributed by atoms with Gasteiger partial charge in [-0.25, -0.2) is 14.7 Å². The van der Waals surface area contributed by atoms with Crippen molar-refractivity contribution >= 4 is 56.8 Å². The number of hydrogen-bond donors (Lipinski definition) is 1. The molecule has 160 valence electrons. The molecule has 0 unspecified atom stereocenters. The lowest BCUT2D eigenvalue weighted by molar-refractivity contribution is -0.123. The molecule has 1 saturated carbocycles. The molecule has 3 aromatic rings. The molecule has 1 aromatic heterocycles. The fraction of sp³-hybridized carbons (Fsp3) is 0.250. The number of amides is 2. The van der Waals surface area contributed by atoms with Crippen LogP contribution in [0.2, 0.25) is 0 Å². The van der Waals surface area contributed by atoms with Crippen LogP contribution in [0.1, 0.15) is 22.3 Å². The van der Waals surface area contributed by atoms with Crippen molar-refractivity contribution in [1.29, 1.82) is 0 Å². The van der Waals surface area contributed by atoms with Crippen molar-refractivity contribution in [3.8, 4) is 0 Å². The number of rotatable bonds is 5. The highest BCUT2D eigenvalue weighted by Crippen LogP contribution is 2.53. The van der Waals surface area contributed by atoms with Crippen LogP contribution in [-0.4, -0.2) is 27.9 Å². The van der Waals surface area contributed by atoms with Gasteiger partial charge in [0.25, 0.3) is 0 Å². The van der Waals surface area contributed by atoms with E-state index in [4.69, 9.17) is 5.11 Å². The Morgan fingerprint density at radius 3 is 2.41 bits per heavy atom. The maximum atomic E-state index is 13.1. The monoisotopic (exact) mass is 462 g/mol. The first-order valence-electron chi connectivity index (χ1n) is 10.4. The van der Waals surface area contributed by atoms with Gasteiger partial charge in [-0.2, -0.15) is 0 Å². The first-order chi connectivity index (χ1) is 15.5. The van der Waals surface area contributed by atoms with E-state index in [1.807, 2.05) is 30.3 Å².